The molecule has 0 spiro atoms. The molecule has 0 saturated carbocycles. The topological polar surface area (TPSA) is 79.4 Å². The summed E-state index contributed by atoms with van der Waals surface area (Å²) in [7, 11) is -1.10. The second-order valence-electron chi connectivity index (χ2n) is 6.74. The van der Waals surface area contributed by atoms with E-state index >= 15 is 0 Å². The maximum Gasteiger partial charge on any atom is 0.270 e. The molecule has 6 nitrogen and oxygen atoms in total. The fourth-order valence-corrected chi connectivity index (χ4v) is 4.81. The van der Waals surface area contributed by atoms with Gasteiger partial charge in [0.05, 0.1) is 11.5 Å². The smallest absolute Gasteiger partial charge is 0.270 e. The van der Waals surface area contributed by atoms with Crippen molar-refractivity contribution >= 4 is 21.4 Å². The van der Waals surface area contributed by atoms with Crippen molar-refractivity contribution in [1.29, 1.82) is 0 Å². The van der Waals surface area contributed by atoms with Crippen molar-refractivity contribution in [3.8, 4) is 0 Å². The molecule has 1 aromatic carbocycles. The average molecular weight is 373 g/mol. The summed E-state index contributed by atoms with van der Waals surface area (Å²) in [6, 6.07) is 11.4. The van der Waals surface area contributed by atoms with Crippen LogP contribution in [0.15, 0.2) is 42.6 Å². The lowest BCUT2D eigenvalue weighted by atomic mass is 10.1. The van der Waals surface area contributed by atoms with Gasteiger partial charge in [-0.2, -0.15) is 0 Å². The van der Waals surface area contributed by atoms with Gasteiger partial charge in [0.2, 0.25) is 0 Å². The molecular formula is C19H23N3O3S. The van der Waals surface area contributed by atoms with Crippen molar-refractivity contribution in [2.24, 2.45) is 0 Å². The molecule has 1 atom stereocenters. The van der Waals surface area contributed by atoms with Gasteiger partial charge in [0.15, 0.2) is 9.84 Å². The van der Waals surface area contributed by atoms with Gasteiger partial charge in [-0.15, -0.1) is 0 Å². The molecule has 1 amide bonds. The first-order chi connectivity index (χ1) is 12.3. The van der Waals surface area contributed by atoms with Gasteiger partial charge in [-0.1, -0.05) is 29.8 Å². The number of hydrogen-bond donors (Lipinski definition) is 1. The molecule has 7 heteroatoms. The summed E-state index contributed by atoms with van der Waals surface area (Å²) >= 11 is 0. The molecule has 1 aliphatic heterocycles. The third-order valence-corrected chi connectivity index (χ3v) is 6.46. The maximum absolute atomic E-state index is 12.4. The summed E-state index contributed by atoms with van der Waals surface area (Å²) in [5.41, 5.74) is 3.31. The number of carbonyl (C=O) groups excluding carboxylic acids is 1. The zero-order valence-electron chi connectivity index (χ0n) is 15.0. The molecule has 138 valence electrons. The van der Waals surface area contributed by atoms with E-state index in [2.05, 4.69) is 10.3 Å². The van der Waals surface area contributed by atoms with E-state index in [1.165, 1.54) is 5.56 Å². The minimum atomic E-state index is -2.95. The number of aryl methyl sites for hydroxylation is 1. The van der Waals surface area contributed by atoms with Crippen LogP contribution in [0.1, 0.15) is 28.0 Å². The summed E-state index contributed by atoms with van der Waals surface area (Å²) in [4.78, 5) is 18.5. The fraction of sp³-hybridized carbons (Fsp3) is 0.368. The van der Waals surface area contributed by atoms with Crippen LogP contribution in [-0.2, 0) is 16.4 Å². The van der Waals surface area contributed by atoms with Crippen LogP contribution in [0.25, 0.3) is 0 Å². The molecule has 1 fully saturated rings. The highest BCUT2D eigenvalue weighted by Crippen LogP contribution is 2.23. The second kappa shape index (κ2) is 7.45. The third kappa shape index (κ3) is 4.40. The summed E-state index contributed by atoms with van der Waals surface area (Å²) in [6.45, 7) is 2.45. The van der Waals surface area contributed by atoms with E-state index in [0.29, 0.717) is 18.7 Å². The number of rotatable bonds is 5. The number of amides is 1. The standard InChI is InChI=1S/C19H23N3O3S/c1-14-3-5-15(6-4-14)12-21-19(23)18-11-16(7-9-20-18)22(2)17-8-10-26(24,25)13-17/h3-7,9,11,17H,8,10,12-13H2,1-2H3,(H,21,23). The number of pyridine rings is 1. The van der Waals surface area contributed by atoms with Gasteiger partial charge in [0.25, 0.3) is 5.91 Å². The molecule has 0 radical (unpaired) electrons. The maximum atomic E-state index is 12.4. The second-order valence-corrected chi connectivity index (χ2v) is 8.96. The highest BCUT2D eigenvalue weighted by Gasteiger charge is 2.31. The largest absolute Gasteiger partial charge is 0.370 e. The van der Waals surface area contributed by atoms with Crippen LogP contribution in [0.5, 0.6) is 0 Å². The van der Waals surface area contributed by atoms with Crippen LogP contribution in [0.3, 0.4) is 0 Å². The first-order valence-electron chi connectivity index (χ1n) is 8.57. The highest BCUT2D eigenvalue weighted by molar-refractivity contribution is 7.91. The molecule has 3 rings (SSSR count). The number of carbonyl (C=O) groups is 1. The molecule has 1 aromatic heterocycles. The molecule has 26 heavy (non-hydrogen) atoms. The quantitative estimate of drug-likeness (QED) is 0.866. The number of benzene rings is 1. The van der Waals surface area contributed by atoms with E-state index in [9.17, 15) is 13.2 Å². The molecule has 1 saturated heterocycles. The number of anilines is 1. The van der Waals surface area contributed by atoms with Crippen LogP contribution in [0.2, 0.25) is 0 Å². The summed E-state index contributed by atoms with van der Waals surface area (Å²) < 4.78 is 23.4. The van der Waals surface area contributed by atoms with Crippen molar-refractivity contribution in [1.82, 2.24) is 10.3 Å². The van der Waals surface area contributed by atoms with Crippen LogP contribution >= 0.6 is 0 Å². The van der Waals surface area contributed by atoms with Crippen molar-refractivity contribution in [3.63, 3.8) is 0 Å². The zero-order chi connectivity index (χ0) is 18.7. The molecule has 1 N–H and O–H groups in total. The lowest BCUT2D eigenvalue weighted by Gasteiger charge is -2.25. The molecule has 2 aromatic rings. The van der Waals surface area contributed by atoms with Gasteiger partial charge < -0.3 is 10.2 Å². The number of hydrogen-bond acceptors (Lipinski definition) is 5. The van der Waals surface area contributed by atoms with Gasteiger partial charge in [-0.05, 0) is 31.0 Å². The summed E-state index contributed by atoms with van der Waals surface area (Å²) in [6.07, 6.45) is 2.19. The van der Waals surface area contributed by atoms with Crippen molar-refractivity contribution in [3.05, 3.63) is 59.4 Å². The SMILES string of the molecule is Cc1ccc(CNC(=O)c2cc(N(C)C3CCS(=O)(=O)C3)ccn2)cc1. The number of nitrogens with one attached hydrogen (secondary N) is 1. The van der Waals surface area contributed by atoms with Crippen molar-refractivity contribution in [2.45, 2.75) is 25.9 Å². The summed E-state index contributed by atoms with van der Waals surface area (Å²) in [5, 5.41) is 2.87. The normalized spacial score (nSPS) is 18.5. The Kier molecular flexibility index (Phi) is 5.27. The van der Waals surface area contributed by atoms with E-state index < -0.39 is 9.84 Å². The number of sulfone groups is 1. The fourth-order valence-electron chi connectivity index (χ4n) is 3.03. The van der Waals surface area contributed by atoms with Crippen molar-refractivity contribution < 1.29 is 13.2 Å². The van der Waals surface area contributed by atoms with Crippen LogP contribution < -0.4 is 10.2 Å². The molecule has 1 unspecified atom stereocenters. The average Bonchev–Trinajstić information content (AvgIpc) is 3.00. The van der Waals surface area contributed by atoms with Crippen LogP contribution in [0, 0.1) is 6.92 Å². The van der Waals surface area contributed by atoms with Gasteiger partial charge in [0.1, 0.15) is 5.69 Å². The first kappa shape index (κ1) is 18.4. The monoisotopic (exact) mass is 373 g/mol. The Hall–Kier alpha value is -2.41. The zero-order valence-corrected chi connectivity index (χ0v) is 15.8. The molecule has 1 aliphatic rings. The van der Waals surface area contributed by atoms with Gasteiger partial charge >= 0.3 is 0 Å². The Morgan fingerprint density at radius 3 is 2.65 bits per heavy atom. The predicted molar refractivity (Wildman–Crippen MR) is 102 cm³/mol. The number of nitrogens with zero attached hydrogens (tertiary/aromatic N) is 2. The Labute approximate surface area is 154 Å². The van der Waals surface area contributed by atoms with Gasteiger partial charge in [-0.25, -0.2) is 8.42 Å². The molecular weight excluding hydrogens is 350 g/mol. The Bertz CT molecular complexity index is 895. The Balaban J connectivity index is 1.66. The van der Waals surface area contributed by atoms with E-state index in [0.717, 1.165) is 11.3 Å². The minimum absolute atomic E-state index is 0.0640. The van der Waals surface area contributed by atoms with Crippen LogP contribution in [-0.4, -0.2) is 43.9 Å². The Morgan fingerprint density at radius 2 is 2.00 bits per heavy atom. The third-order valence-electron chi connectivity index (χ3n) is 4.71. The lowest BCUT2D eigenvalue weighted by molar-refractivity contribution is 0.0946. The molecule has 0 aliphatic carbocycles. The van der Waals surface area contributed by atoms with E-state index in [-0.39, 0.29) is 23.5 Å². The minimum Gasteiger partial charge on any atom is -0.370 e. The van der Waals surface area contributed by atoms with Crippen LogP contribution in [0.4, 0.5) is 5.69 Å². The predicted octanol–water partition coefficient (Wildman–Crippen LogP) is 1.94. The van der Waals surface area contributed by atoms with Gasteiger partial charge in [-0.3, -0.25) is 9.78 Å². The lowest BCUT2D eigenvalue weighted by Crippen LogP contribution is -2.33. The highest BCUT2D eigenvalue weighted by atomic mass is 32.2. The molecule has 2 heterocycles. The number of aromatic nitrogens is 1. The van der Waals surface area contributed by atoms with Crippen molar-refractivity contribution in [2.75, 3.05) is 23.5 Å². The summed E-state index contributed by atoms with van der Waals surface area (Å²) in [5.74, 6) is 0.123. The van der Waals surface area contributed by atoms with E-state index in [1.54, 1.807) is 18.3 Å². The molecule has 0 bridgehead atoms. The first-order valence-corrected chi connectivity index (χ1v) is 10.4. The van der Waals surface area contributed by atoms with Gasteiger partial charge in [0, 0.05) is 31.5 Å². The Morgan fingerprint density at radius 1 is 1.27 bits per heavy atom. The van der Waals surface area contributed by atoms with E-state index in [4.69, 9.17) is 0 Å². The van der Waals surface area contributed by atoms with E-state index in [1.807, 2.05) is 43.1 Å².